The van der Waals surface area contributed by atoms with Crippen molar-refractivity contribution < 1.29 is 9.59 Å². The highest BCUT2D eigenvalue weighted by Crippen LogP contribution is 2.48. The Morgan fingerprint density at radius 2 is 1.84 bits per heavy atom. The Hall–Kier alpha value is -2.79. The third-order valence-corrected chi connectivity index (χ3v) is 6.93. The van der Waals surface area contributed by atoms with Gasteiger partial charge in [0.2, 0.25) is 5.91 Å². The normalized spacial score (nSPS) is 23.5. The number of benzene rings is 2. The van der Waals surface area contributed by atoms with Crippen LogP contribution in [0.4, 0.5) is 0 Å². The number of carbonyl (C=O) groups excluding carboxylic acids is 2. The van der Waals surface area contributed by atoms with E-state index in [2.05, 4.69) is 24.9 Å². The van der Waals surface area contributed by atoms with Gasteiger partial charge in [0.25, 0.3) is 5.91 Å². The molecule has 0 bridgehead atoms. The smallest absolute Gasteiger partial charge is 0.254 e. The first kappa shape index (κ1) is 20.1. The molecule has 2 amide bonds. The molecule has 1 N–H and O–H groups in total. The van der Waals surface area contributed by atoms with Gasteiger partial charge in [-0.15, -0.1) is 0 Å². The maximum atomic E-state index is 13.8. The highest BCUT2D eigenvalue weighted by atomic mass is 35.5. The number of rotatable bonds is 3. The molecule has 5 rings (SSSR count). The van der Waals surface area contributed by atoms with Crippen molar-refractivity contribution in [2.75, 3.05) is 19.6 Å². The van der Waals surface area contributed by atoms with Crippen LogP contribution in [0.1, 0.15) is 43.5 Å². The van der Waals surface area contributed by atoms with E-state index in [-0.39, 0.29) is 24.3 Å². The largest absolute Gasteiger partial charge is 0.356 e. The van der Waals surface area contributed by atoms with Crippen LogP contribution < -0.4 is 0 Å². The van der Waals surface area contributed by atoms with E-state index in [1.165, 1.54) is 0 Å². The Labute approximate surface area is 187 Å². The molecule has 5 nitrogen and oxygen atoms in total. The number of carbonyl (C=O) groups is 2. The van der Waals surface area contributed by atoms with E-state index in [4.69, 9.17) is 11.6 Å². The lowest BCUT2D eigenvalue weighted by molar-refractivity contribution is -0.166. The minimum absolute atomic E-state index is 0.00832. The highest BCUT2D eigenvalue weighted by Gasteiger charge is 2.56. The summed E-state index contributed by atoms with van der Waals surface area (Å²) in [5.74, 6) is 0.235. The SMILES string of the molecule is CC(C)CN1CC(=O)N2CC(c3ccc(Cl)cc3)c3c([nH]c4ccccc34)[C@@]2(C)C1=O. The zero-order chi connectivity index (χ0) is 21.9. The number of para-hydroxylation sites is 1. The summed E-state index contributed by atoms with van der Waals surface area (Å²) in [6.45, 7) is 7.20. The molecule has 3 aromatic rings. The van der Waals surface area contributed by atoms with E-state index in [1.807, 2.05) is 49.4 Å². The highest BCUT2D eigenvalue weighted by molar-refractivity contribution is 6.30. The summed E-state index contributed by atoms with van der Waals surface area (Å²) in [4.78, 5) is 34.1. The number of fused-ring (bicyclic) bond motifs is 5. The van der Waals surface area contributed by atoms with Gasteiger partial charge in [0, 0.05) is 34.9 Å². The number of H-pyrrole nitrogens is 1. The lowest BCUT2D eigenvalue weighted by Gasteiger charge is -2.51. The van der Waals surface area contributed by atoms with Gasteiger partial charge in [-0.2, -0.15) is 0 Å². The molecular weight excluding hydrogens is 410 g/mol. The minimum atomic E-state index is -1.04. The second kappa shape index (κ2) is 7.13. The second-order valence-electron chi connectivity index (χ2n) is 9.22. The molecule has 2 atom stereocenters. The van der Waals surface area contributed by atoms with Crippen LogP contribution in [0.15, 0.2) is 48.5 Å². The number of aromatic amines is 1. The van der Waals surface area contributed by atoms with Crippen LogP contribution in [0.2, 0.25) is 5.02 Å². The van der Waals surface area contributed by atoms with Gasteiger partial charge in [0.05, 0.1) is 12.2 Å². The lowest BCUT2D eigenvalue weighted by Crippen LogP contribution is -2.67. The van der Waals surface area contributed by atoms with Crippen LogP contribution in [0.5, 0.6) is 0 Å². The lowest BCUT2D eigenvalue weighted by atomic mass is 9.76. The molecule has 1 fully saturated rings. The fraction of sp³-hybridized carbons (Fsp3) is 0.360. The number of piperazine rings is 1. The first-order valence-corrected chi connectivity index (χ1v) is 11.1. The van der Waals surface area contributed by atoms with Crippen molar-refractivity contribution in [1.82, 2.24) is 14.8 Å². The molecule has 2 aliphatic heterocycles. The molecule has 160 valence electrons. The van der Waals surface area contributed by atoms with Crippen molar-refractivity contribution in [1.29, 1.82) is 0 Å². The molecule has 0 saturated carbocycles. The number of aromatic nitrogens is 1. The van der Waals surface area contributed by atoms with Gasteiger partial charge in [-0.25, -0.2) is 0 Å². The van der Waals surface area contributed by atoms with Crippen molar-refractivity contribution >= 4 is 34.3 Å². The zero-order valence-electron chi connectivity index (χ0n) is 18.0. The van der Waals surface area contributed by atoms with E-state index < -0.39 is 5.54 Å². The van der Waals surface area contributed by atoms with Gasteiger partial charge in [0.1, 0.15) is 0 Å². The summed E-state index contributed by atoms with van der Waals surface area (Å²) in [7, 11) is 0. The number of amides is 2. The van der Waals surface area contributed by atoms with Crippen LogP contribution in [0.25, 0.3) is 10.9 Å². The number of hydrogen-bond donors (Lipinski definition) is 1. The monoisotopic (exact) mass is 435 g/mol. The summed E-state index contributed by atoms with van der Waals surface area (Å²) in [6.07, 6.45) is 0. The van der Waals surface area contributed by atoms with Crippen LogP contribution in [-0.4, -0.2) is 46.2 Å². The van der Waals surface area contributed by atoms with Crippen molar-refractivity contribution in [3.05, 3.63) is 70.4 Å². The van der Waals surface area contributed by atoms with E-state index in [0.717, 1.165) is 27.7 Å². The second-order valence-corrected chi connectivity index (χ2v) is 9.66. The fourth-order valence-corrected chi connectivity index (χ4v) is 5.38. The quantitative estimate of drug-likeness (QED) is 0.658. The Morgan fingerprint density at radius 3 is 2.55 bits per heavy atom. The van der Waals surface area contributed by atoms with Crippen LogP contribution in [0.3, 0.4) is 0 Å². The third-order valence-electron chi connectivity index (χ3n) is 6.68. The molecule has 0 spiro atoms. The summed E-state index contributed by atoms with van der Waals surface area (Å²) < 4.78 is 0. The first-order valence-electron chi connectivity index (χ1n) is 10.8. The number of nitrogens with zero attached hydrogens (tertiary/aromatic N) is 2. The molecule has 31 heavy (non-hydrogen) atoms. The van der Waals surface area contributed by atoms with Gasteiger partial charge in [0.15, 0.2) is 5.54 Å². The fourth-order valence-electron chi connectivity index (χ4n) is 5.26. The molecular formula is C25H26ClN3O2. The average Bonchev–Trinajstić information content (AvgIpc) is 3.13. The molecule has 1 unspecified atom stereocenters. The van der Waals surface area contributed by atoms with Crippen LogP contribution >= 0.6 is 11.6 Å². The van der Waals surface area contributed by atoms with Gasteiger partial charge in [-0.1, -0.05) is 55.8 Å². The Bertz CT molecular complexity index is 1180. The first-order chi connectivity index (χ1) is 14.8. The van der Waals surface area contributed by atoms with Gasteiger partial charge < -0.3 is 14.8 Å². The maximum Gasteiger partial charge on any atom is 0.254 e. The van der Waals surface area contributed by atoms with Crippen molar-refractivity contribution in [3.63, 3.8) is 0 Å². The maximum absolute atomic E-state index is 13.8. The Morgan fingerprint density at radius 1 is 1.13 bits per heavy atom. The molecule has 2 aromatic carbocycles. The topological polar surface area (TPSA) is 56.4 Å². The third kappa shape index (κ3) is 2.98. The van der Waals surface area contributed by atoms with Crippen molar-refractivity contribution in [3.8, 4) is 0 Å². The van der Waals surface area contributed by atoms with Gasteiger partial charge >= 0.3 is 0 Å². The Balaban J connectivity index is 1.73. The number of nitrogens with one attached hydrogen (secondary N) is 1. The molecule has 0 radical (unpaired) electrons. The van der Waals surface area contributed by atoms with E-state index >= 15 is 0 Å². The summed E-state index contributed by atoms with van der Waals surface area (Å²) >= 11 is 6.14. The predicted octanol–water partition coefficient (Wildman–Crippen LogP) is 4.51. The molecule has 1 saturated heterocycles. The van der Waals surface area contributed by atoms with E-state index in [0.29, 0.717) is 24.0 Å². The minimum Gasteiger partial charge on any atom is -0.356 e. The van der Waals surface area contributed by atoms with E-state index in [9.17, 15) is 9.59 Å². The summed E-state index contributed by atoms with van der Waals surface area (Å²) in [5.41, 5.74) is 2.95. The zero-order valence-corrected chi connectivity index (χ0v) is 18.7. The van der Waals surface area contributed by atoms with E-state index in [1.54, 1.807) is 9.80 Å². The molecule has 2 aliphatic rings. The predicted molar refractivity (Wildman–Crippen MR) is 122 cm³/mol. The van der Waals surface area contributed by atoms with Gasteiger partial charge in [-0.05, 0) is 42.2 Å². The van der Waals surface area contributed by atoms with Crippen molar-refractivity contribution in [2.45, 2.75) is 32.2 Å². The average molecular weight is 436 g/mol. The van der Waals surface area contributed by atoms with Crippen molar-refractivity contribution in [2.24, 2.45) is 5.92 Å². The van der Waals surface area contributed by atoms with Crippen LogP contribution in [-0.2, 0) is 15.1 Å². The summed E-state index contributed by atoms with van der Waals surface area (Å²) in [6, 6.07) is 15.9. The summed E-state index contributed by atoms with van der Waals surface area (Å²) in [5, 5.41) is 1.77. The molecule has 3 heterocycles. The molecule has 1 aromatic heterocycles. The standard InChI is InChI=1S/C25H26ClN3O2/c1-15(2)12-28-14-21(30)29-13-19(16-8-10-17(26)11-9-16)22-18-6-4-5-7-20(18)27-23(22)25(29,3)24(28)31/h4-11,15,19,27H,12-14H2,1-3H3/t19?,25-/m0/s1. The van der Waals surface area contributed by atoms with Crippen LogP contribution in [0, 0.1) is 5.92 Å². The Kier molecular flexibility index (Phi) is 4.63. The number of halogens is 1. The number of hydrogen-bond acceptors (Lipinski definition) is 2. The van der Waals surface area contributed by atoms with Gasteiger partial charge in [-0.3, -0.25) is 9.59 Å². The molecule has 6 heteroatoms. The molecule has 0 aliphatic carbocycles.